The molecular weight excluding hydrogens is 320 g/mol. The number of rotatable bonds is 2. The van der Waals surface area contributed by atoms with Gasteiger partial charge in [-0.1, -0.05) is 53.9 Å². The highest BCUT2D eigenvalue weighted by molar-refractivity contribution is 8.23. The van der Waals surface area contributed by atoms with Gasteiger partial charge in [0.25, 0.3) is 11.8 Å². The van der Waals surface area contributed by atoms with E-state index in [1.165, 1.54) is 39.4 Å². The Balaban J connectivity index is 1.91. The lowest BCUT2D eigenvalue weighted by Gasteiger charge is -2.37. The lowest BCUT2D eigenvalue weighted by atomic mass is 10.1. The zero-order chi connectivity index (χ0) is 15.9. The molecule has 0 N–H and O–H groups in total. The van der Waals surface area contributed by atoms with Gasteiger partial charge in [-0.15, -0.1) is 0 Å². The van der Waals surface area contributed by atoms with Crippen LogP contribution in [0, 0.1) is 0 Å². The first-order valence-corrected chi connectivity index (χ1v) is 8.42. The van der Waals surface area contributed by atoms with Crippen molar-refractivity contribution in [2.24, 2.45) is 0 Å². The number of amides is 2. The van der Waals surface area contributed by atoms with E-state index in [9.17, 15) is 14.4 Å². The molecule has 2 atom stereocenters. The second-order valence-corrected chi connectivity index (χ2v) is 7.53. The van der Waals surface area contributed by atoms with Crippen molar-refractivity contribution in [1.82, 2.24) is 9.80 Å². The summed E-state index contributed by atoms with van der Waals surface area (Å²) in [5, 5.41) is -1.20. The first-order chi connectivity index (χ1) is 10.5. The minimum atomic E-state index is -0.599. The number of ketones is 1. The van der Waals surface area contributed by atoms with Crippen molar-refractivity contribution in [3.05, 3.63) is 46.2 Å². The fourth-order valence-electron chi connectivity index (χ4n) is 2.28. The molecule has 0 aliphatic carbocycles. The molecule has 3 fully saturated rings. The number of carbonyl (C=O) groups excluding carboxylic acids is 3. The molecule has 3 aliphatic rings. The van der Waals surface area contributed by atoms with Crippen molar-refractivity contribution in [2.45, 2.75) is 10.7 Å². The van der Waals surface area contributed by atoms with Crippen LogP contribution in [0.1, 0.15) is 10.4 Å². The molecule has 1 aromatic rings. The first-order valence-electron chi connectivity index (χ1n) is 6.67. The smallest absolute Gasteiger partial charge is 0.257 e. The maximum Gasteiger partial charge on any atom is 0.257 e. The van der Waals surface area contributed by atoms with Crippen molar-refractivity contribution in [2.75, 3.05) is 14.1 Å². The van der Waals surface area contributed by atoms with Crippen LogP contribution in [-0.4, -0.2) is 52.2 Å². The van der Waals surface area contributed by atoms with E-state index in [1.54, 1.807) is 38.4 Å². The highest BCUT2D eigenvalue weighted by atomic mass is 32.2. The normalized spacial score (nSPS) is 24.5. The number of thioether (sulfide) groups is 2. The molecule has 3 aliphatic heterocycles. The molecule has 0 spiro atoms. The van der Waals surface area contributed by atoms with Gasteiger partial charge in [-0.05, 0) is 0 Å². The van der Waals surface area contributed by atoms with E-state index in [2.05, 4.69) is 0 Å². The third-order valence-corrected chi connectivity index (χ3v) is 6.34. The molecule has 2 amide bonds. The number of piperazine rings is 1. The molecule has 2 bridgehead atoms. The van der Waals surface area contributed by atoms with Gasteiger partial charge in [0, 0.05) is 30.0 Å². The Hall–Kier alpha value is -1.73. The molecule has 5 nitrogen and oxygen atoms in total. The summed E-state index contributed by atoms with van der Waals surface area (Å²) >= 11 is 2.52. The number of hydrogen-bond acceptors (Lipinski definition) is 5. The summed E-state index contributed by atoms with van der Waals surface area (Å²) in [6.45, 7) is 0. The zero-order valence-electron chi connectivity index (χ0n) is 12.1. The van der Waals surface area contributed by atoms with Gasteiger partial charge in [-0.3, -0.25) is 14.4 Å². The van der Waals surface area contributed by atoms with Crippen molar-refractivity contribution in [3.63, 3.8) is 0 Å². The van der Waals surface area contributed by atoms with E-state index < -0.39 is 10.7 Å². The van der Waals surface area contributed by atoms with Gasteiger partial charge in [-0.2, -0.15) is 0 Å². The SMILES string of the molecule is CN1C(=O)C2SC(=CC(=O)c3ccccc3)SC1C(=O)N2C. The Kier molecular flexibility index (Phi) is 4.01. The largest absolute Gasteiger partial charge is 0.322 e. The van der Waals surface area contributed by atoms with Crippen molar-refractivity contribution in [1.29, 1.82) is 0 Å². The van der Waals surface area contributed by atoms with Gasteiger partial charge < -0.3 is 9.80 Å². The summed E-state index contributed by atoms with van der Waals surface area (Å²) in [6, 6.07) is 8.94. The Labute approximate surface area is 136 Å². The topological polar surface area (TPSA) is 57.7 Å². The number of nitrogens with zero attached hydrogens (tertiary/aromatic N) is 2. The molecule has 114 valence electrons. The van der Waals surface area contributed by atoms with Gasteiger partial charge in [-0.25, -0.2) is 0 Å². The minimum Gasteiger partial charge on any atom is -0.322 e. The van der Waals surface area contributed by atoms with Crippen LogP contribution in [0.2, 0.25) is 0 Å². The molecule has 3 saturated heterocycles. The average Bonchev–Trinajstić information content (AvgIpc) is 2.72. The average molecular weight is 334 g/mol. The van der Waals surface area contributed by atoms with Crippen LogP contribution in [0.3, 0.4) is 0 Å². The van der Waals surface area contributed by atoms with E-state index in [0.29, 0.717) is 9.80 Å². The van der Waals surface area contributed by atoms with Gasteiger partial charge in [0.05, 0.1) is 0 Å². The van der Waals surface area contributed by atoms with Crippen LogP contribution < -0.4 is 0 Å². The molecular formula is C15H14N2O3S2. The number of benzene rings is 1. The maximum absolute atomic E-state index is 12.3. The predicted octanol–water partition coefficient (Wildman–Crippen LogP) is 1.77. The van der Waals surface area contributed by atoms with E-state index in [4.69, 9.17) is 0 Å². The monoisotopic (exact) mass is 334 g/mol. The number of hydrogen-bond donors (Lipinski definition) is 0. The predicted molar refractivity (Wildman–Crippen MR) is 87.2 cm³/mol. The molecule has 0 saturated carbocycles. The summed E-state index contributed by atoms with van der Waals surface area (Å²) in [4.78, 5) is 39.7. The highest BCUT2D eigenvalue weighted by Gasteiger charge is 2.47. The van der Waals surface area contributed by atoms with Crippen molar-refractivity contribution in [3.8, 4) is 0 Å². The summed E-state index contributed by atoms with van der Waals surface area (Å²) < 4.78 is 0.694. The number of fused-ring (bicyclic) bond motifs is 4. The van der Waals surface area contributed by atoms with Crippen molar-refractivity contribution < 1.29 is 14.4 Å². The summed E-state index contributed by atoms with van der Waals surface area (Å²) in [7, 11) is 3.25. The van der Waals surface area contributed by atoms with Crippen LogP contribution in [0.15, 0.2) is 40.6 Å². The van der Waals surface area contributed by atoms with Gasteiger partial charge in [0.15, 0.2) is 16.5 Å². The molecule has 22 heavy (non-hydrogen) atoms. The van der Waals surface area contributed by atoms with Crippen LogP contribution in [0.25, 0.3) is 0 Å². The van der Waals surface area contributed by atoms with Crippen molar-refractivity contribution >= 4 is 41.1 Å². The summed E-state index contributed by atoms with van der Waals surface area (Å²) in [5.41, 5.74) is 0.590. The van der Waals surface area contributed by atoms with Crippen LogP contribution in [0.4, 0.5) is 0 Å². The Bertz CT molecular complexity index is 645. The maximum atomic E-state index is 12.3. The first kappa shape index (κ1) is 15.2. The quantitative estimate of drug-likeness (QED) is 0.609. The third kappa shape index (κ3) is 2.55. The van der Waals surface area contributed by atoms with Gasteiger partial charge in [0.2, 0.25) is 0 Å². The zero-order valence-corrected chi connectivity index (χ0v) is 13.7. The summed E-state index contributed by atoms with van der Waals surface area (Å²) in [5.74, 6) is -0.345. The van der Waals surface area contributed by atoms with Gasteiger partial charge in [0.1, 0.15) is 0 Å². The standard InChI is InChI=1S/C15H14N2O3S2/c1-16-12(19)15-17(2)13(20)14(16)21-11(22-15)8-10(18)9-6-4-3-5-7-9/h3-8,14-15H,1-2H3. The Morgan fingerprint density at radius 3 is 2.00 bits per heavy atom. The fraction of sp³-hybridized carbons (Fsp3) is 0.267. The highest BCUT2D eigenvalue weighted by Crippen LogP contribution is 2.45. The van der Waals surface area contributed by atoms with Crippen LogP contribution in [-0.2, 0) is 9.59 Å². The van der Waals surface area contributed by atoms with E-state index >= 15 is 0 Å². The molecule has 0 aromatic heterocycles. The van der Waals surface area contributed by atoms with E-state index in [1.807, 2.05) is 6.07 Å². The lowest BCUT2D eigenvalue weighted by Crippen LogP contribution is -2.58. The minimum absolute atomic E-state index is 0.111. The Morgan fingerprint density at radius 1 is 1.00 bits per heavy atom. The molecule has 3 heterocycles. The van der Waals surface area contributed by atoms with E-state index in [0.717, 1.165) is 0 Å². The third-order valence-electron chi connectivity index (χ3n) is 3.58. The molecule has 0 radical (unpaired) electrons. The van der Waals surface area contributed by atoms with E-state index in [-0.39, 0.29) is 17.6 Å². The number of allylic oxidation sites excluding steroid dienone is 1. The second-order valence-electron chi connectivity index (χ2n) is 5.03. The lowest BCUT2D eigenvalue weighted by molar-refractivity contribution is -0.150. The molecule has 2 unspecified atom stereocenters. The summed E-state index contributed by atoms with van der Waals surface area (Å²) in [6.07, 6.45) is 1.52. The van der Waals surface area contributed by atoms with Crippen LogP contribution in [0.5, 0.6) is 0 Å². The Morgan fingerprint density at radius 2 is 1.50 bits per heavy atom. The number of likely N-dealkylation sites (N-methyl/N-ethyl adjacent to an activating group) is 2. The second kappa shape index (κ2) is 5.81. The number of carbonyl (C=O) groups is 3. The molecule has 4 rings (SSSR count). The fourth-order valence-corrected chi connectivity index (χ4v) is 4.90. The van der Waals surface area contributed by atoms with Gasteiger partial charge >= 0.3 is 0 Å². The molecule has 1 aromatic carbocycles. The molecule has 7 heteroatoms. The van der Waals surface area contributed by atoms with Crippen LogP contribution >= 0.6 is 23.5 Å².